The van der Waals surface area contributed by atoms with Crippen molar-refractivity contribution in [3.05, 3.63) is 46.8 Å². The van der Waals surface area contributed by atoms with Crippen molar-refractivity contribution in [1.29, 1.82) is 0 Å². The summed E-state index contributed by atoms with van der Waals surface area (Å²) in [4.78, 5) is 11.1. The average molecular weight is 229 g/mol. The predicted molar refractivity (Wildman–Crippen MR) is 56.0 cm³/mol. The monoisotopic (exact) mass is 228 g/mol. The number of ketones is 1. The number of halogens is 2. The van der Waals surface area contributed by atoms with E-state index in [9.17, 15) is 14.3 Å². The average Bonchev–Trinajstić information content (AvgIpc) is 2.19. The van der Waals surface area contributed by atoms with Gasteiger partial charge in [0.05, 0.1) is 0 Å². The third kappa shape index (κ3) is 2.88. The number of carbonyl (C=O) groups excluding carboxylic acids is 1. The van der Waals surface area contributed by atoms with E-state index in [1.165, 1.54) is 31.2 Å². The van der Waals surface area contributed by atoms with E-state index in [2.05, 4.69) is 0 Å². The van der Waals surface area contributed by atoms with Gasteiger partial charge in [0.15, 0.2) is 5.78 Å². The minimum absolute atomic E-state index is 0.0864. The lowest BCUT2D eigenvalue weighted by atomic mass is 10.0. The van der Waals surface area contributed by atoms with E-state index in [1.807, 2.05) is 0 Å². The molecule has 80 valence electrons. The molecule has 1 unspecified atom stereocenters. The molecule has 0 radical (unpaired) electrons. The summed E-state index contributed by atoms with van der Waals surface area (Å²) in [7, 11) is 0. The van der Waals surface area contributed by atoms with Crippen molar-refractivity contribution in [1.82, 2.24) is 0 Å². The van der Waals surface area contributed by atoms with E-state index < -0.39 is 11.9 Å². The summed E-state index contributed by atoms with van der Waals surface area (Å²) in [6.07, 6.45) is -1.11. The first-order chi connectivity index (χ1) is 7.06. The molecule has 1 N–H and O–H groups in total. The van der Waals surface area contributed by atoms with Crippen molar-refractivity contribution in [2.75, 3.05) is 0 Å². The Morgan fingerprint density at radius 2 is 2.00 bits per heavy atom. The summed E-state index contributed by atoms with van der Waals surface area (Å²) in [5, 5.41) is 9.75. The van der Waals surface area contributed by atoms with Gasteiger partial charge in [-0.1, -0.05) is 23.7 Å². The highest BCUT2D eigenvalue weighted by Crippen LogP contribution is 2.22. The first-order valence-electron chi connectivity index (χ1n) is 4.31. The van der Waals surface area contributed by atoms with Crippen LogP contribution in [0.25, 0.3) is 0 Å². The number of carbonyl (C=O) groups is 1. The minimum atomic E-state index is -1.11. The van der Waals surface area contributed by atoms with E-state index in [1.54, 1.807) is 0 Å². The highest BCUT2D eigenvalue weighted by atomic mass is 35.5. The zero-order valence-corrected chi connectivity index (χ0v) is 8.83. The van der Waals surface area contributed by atoms with Crippen LogP contribution in [0, 0.1) is 5.82 Å². The maximum absolute atomic E-state index is 12.6. The van der Waals surface area contributed by atoms with Crippen LogP contribution >= 0.6 is 11.6 Å². The fourth-order valence-corrected chi connectivity index (χ4v) is 1.43. The van der Waals surface area contributed by atoms with Gasteiger partial charge in [-0.15, -0.1) is 0 Å². The van der Waals surface area contributed by atoms with E-state index in [0.717, 1.165) is 5.54 Å². The van der Waals surface area contributed by atoms with E-state index in [-0.39, 0.29) is 11.4 Å². The van der Waals surface area contributed by atoms with Crippen molar-refractivity contribution >= 4 is 17.4 Å². The smallest absolute Gasteiger partial charge is 0.159 e. The van der Waals surface area contributed by atoms with Crippen molar-refractivity contribution in [2.45, 2.75) is 13.0 Å². The Bertz CT molecular complexity index is 384. The Hall–Kier alpha value is -1.19. The summed E-state index contributed by atoms with van der Waals surface area (Å²) in [6, 6.07) is 5.24. The molecular formula is C11H10ClFO2. The molecule has 1 rings (SSSR count). The molecule has 2 nitrogen and oxygen atoms in total. The number of aliphatic hydroxyl groups is 1. The van der Waals surface area contributed by atoms with Gasteiger partial charge >= 0.3 is 0 Å². The van der Waals surface area contributed by atoms with Gasteiger partial charge in [-0.2, -0.15) is 0 Å². The van der Waals surface area contributed by atoms with Gasteiger partial charge in [0.1, 0.15) is 11.9 Å². The topological polar surface area (TPSA) is 37.3 Å². The van der Waals surface area contributed by atoms with E-state index >= 15 is 0 Å². The number of Topliss-reactive ketones (excluding diaryl/α,β-unsaturated/α-hetero) is 1. The second kappa shape index (κ2) is 5.05. The summed E-state index contributed by atoms with van der Waals surface area (Å²) in [6.45, 7) is 1.31. The van der Waals surface area contributed by atoms with Crippen LogP contribution in [0.3, 0.4) is 0 Å². The highest BCUT2D eigenvalue weighted by Gasteiger charge is 2.16. The third-order valence-corrected chi connectivity index (χ3v) is 2.24. The van der Waals surface area contributed by atoms with Gasteiger partial charge in [0, 0.05) is 11.1 Å². The maximum atomic E-state index is 12.6. The lowest BCUT2D eigenvalue weighted by Crippen LogP contribution is -2.08. The second-order valence-corrected chi connectivity index (χ2v) is 3.29. The molecule has 1 aromatic rings. The molecule has 0 spiro atoms. The molecule has 0 aliphatic carbocycles. The predicted octanol–water partition coefficient (Wildman–Crippen LogP) is 2.57. The van der Waals surface area contributed by atoms with Crippen LogP contribution in [0.1, 0.15) is 18.6 Å². The number of aliphatic hydroxyl groups excluding tert-OH is 1. The minimum Gasteiger partial charge on any atom is -0.383 e. The Balaban J connectivity index is 2.98. The quantitative estimate of drug-likeness (QED) is 0.808. The van der Waals surface area contributed by atoms with Gasteiger partial charge in [0.25, 0.3) is 0 Å². The molecule has 0 heterocycles. The van der Waals surface area contributed by atoms with Gasteiger partial charge in [-0.05, 0) is 24.6 Å². The van der Waals surface area contributed by atoms with Gasteiger partial charge in [0.2, 0.25) is 0 Å². The van der Waals surface area contributed by atoms with Crippen molar-refractivity contribution in [3.8, 4) is 0 Å². The molecule has 0 fully saturated rings. The molecule has 0 amide bonds. The van der Waals surface area contributed by atoms with Crippen LogP contribution in [-0.4, -0.2) is 10.9 Å². The highest BCUT2D eigenvalue weighted by molar-refractivity contribution is 6.27. The van der Waals surface area contributed by atoms with Crippen LogP contribution in [-0.2, 0) is 4.79 Å². The fraction of sp³-hybridized carbons (Fsp3) is 0.182. The molecule has 15 heavy (non-hydrogen) atoms. The van der Waals surface area contributed by atoms with Gasteiger partial charge < -0.3 is 5.11 Å². The molecule has 0 bridgehead atoms. The second-order valence-electron chi connectivity index (χ2n) is 3.07. The van der Waals surface area contributed by atoms with Gasteiger partial charge in [-0.25, -0.2) is 4.39 Å². The molecule has 0 aromatic heterocycles. The van der Waals surface area contributed by atoms with E-state index in [0.29, 0.717) is 5.56 Å². The largest absolute Gasteiger partial charge is 0.383 e. The number of hydrogen-bond acceptors (Lipinski definition) is 2. The Kier molecular flexibility index (Phi) is 4.00. The molecule has 0 saturated heterocycles. The van der Waals surface area contributed by atoms with Crippen LogP contribution in [0.2, 0.25) is 0 Å². The standard InChI is InChI=1S/C11H10ClFO2/c1-7(14)10(6-12)11(15)8-2-4-9(13)5-3-8/h2-6,11,15H,1H3/b10-6-. The Morgan fingerprint density at radius 1 is 1.47 bits per heavy atom. The van der Waals surface area contributed by atoms with Gasteiger partial charge in [-0.3, -0.25) is 4.79 Å². The number of benzene rings is 1. The lowest BCUT2D eigenvalue weighted by Gasteiger charge is -2.11. The first kappa shape index (κ1) is 11.9. The maximum Gasteiger partial charge on any atom is 0.159 e. The zero-order chi connectivity index (χ0) is 11.4. The first-order valence-corrected chi connectivity index (χ1v) is 4.74. The summed E-state index contributed by atoms with van der Waals surface area (Å²) >= 11 is 5.42. The normalized spacial score (nSPS) is 13.7. The van der Waals surface area contributed by atoms with Crippen molar-refractivity contribution < 1.29 is 14.3 Å². The fourth-order valence-electron chi connectivity index (χ4n) is 1.15. The summed E-state index contributed by atoms with van der Waals surface area (Å²) < 4.78 is 12.6. The van der Waals surface area contributed by atoms with Crippen LogP contribution in [0.5, 0.6) is 0 Å². The summed E-state index contributed by atoms with van der Waals surface area (Å²) in [5.74, 6) is -0.716. The van der Waals surface area contributed by atoms with E-state index in [4.69, 9.17) is 11.6 Å². The van der Waals surface area contributed by atoms with Crippen LogP contribution in [0.4, 0.5) is 4.39 Å². The molecule has 1 atom stereocenters. The van der Waals surface area contributed by atoms with Crippen LogP contribution in [0.15, 0.2) is 35.4 Å². The number of rotatable bonds is 3. The zero-order valence-electron chi connectivity index (χ0n) is 8.08. The lowest BCUT2D eigenvalue weighted by molar-refractivity contribution is -0.114. The third-order valence-electron chi connectivity index (χ3n) is 2.00. The molecule has 1 aromatic carbocycles. The molecular weight excluding hydrogens is 219 g/mol. The van der Waals surface area contributed by atoms with Crippen molar-refractivity contribution in [2.24, 2.45) is 0 Å². The molecule has 0 aliphatic rings. The molecule has 0 aliphatic heterocycles. The number of hydrogen-bond donors (Lipinski definition) is 1. The Morgan fingerprint density at radius 3 is 2.40 bits per heavy atom. The Labute approximate surface area is 92.0 Å². The van der Waals surface area contributed by atoms with Crippen LogP contribution < -0.4 is 0 Å². The SMILES string of the molecule is CC(=O)/C(=C/Cl)C(O)c1ccc(F)cc1. The van der Waals surface area contributed by atoms with Crippen molar-refractivity contribution in [3.63, 3.8) is 0 Å². The molecule has 0 saturated carbocycles. The molecule has 4 heteroatoms. The summed E-state index contributed by atoms with van der Waals surface area (Å²) in [5.41, 5.74) is 1.55.